The molecule has 23 heavy (non-hydrogen) atoms. The lowest BCUT2D eigenvalue weighted by molar-refractivity contribution is 0.0562. The summed E-state index contributed by atoms with van der Waals surface area (Å²) in [5, 5.41) is 2.31. The van der Waals surface area contributed by atoms with Crippen molar-refractivity contribution in [3.05, 3.63) is 0 Å². The number of nitrogens with one attached hydrogen (secondary N) is 1. The molecule has 0 aliphatic carbocycles. The monoisotopic (exact) mass is 326 g/mol. The third-order valence-electron chi connectivity index (χ3n) is 1.81. The van der Waals surface area contributed by atoms with Crippen molar-refractivity contribution in [3.63, 3.8) is 0 Å². The number of guanidine groups is 1. The van der Waals surface area contributed by atoms with E-state index in [1.54, 1.807) is 54.8 Å². The molecule has 130 valence electrons. The molecule has 0 aromatic rings. The summed E-state index contributed by atoms with van der Waals surface area (Å²) in [4.78, 5) is 34.8. The molecule has 0 unspecified atom stereocenters. The van der Waals surface area contributed by atoms with Crippen molar-refractivity contribution in [1.82, 2.24) is 5.32 Å². The largest absolute Gasteiger partial charge is 0.444 e. The number of carbonyl (C=O) groups is 2. The average Bonchev–Trinajstić information content (AvgIpc) is 2.29. The standard InChI is InChI=1S/C15H26N4O4/c1-14(2,3)22-12(20)18-11(17-10-8-9-16-7)19-13(21)23-15(4,5)6/h9-10H,8H2,1-7H3,(H,18,19,20,21). The Hall–Kier alpha value is -2.25. The summed E-state index contributed by atoms with van der Waals surface area (Å²) in [7, 11) is 1.63. The van der Waals surface area contributed by atoms with Crippen LogP contribution >= 0.6 is 0 Å². The second-order valence-electron chi connectivity index (χ2n) is 6.53. The molecule has 0 saturated heterocycles. The number of rotatable bonds is 2. The Bertz CT molecular complexity index is 497. The van der Waals surface area contributed by atoms with E-state index in [0.29, 0.717) is 6.42 Å². The van der Waals surface area contributed by atoms with Crippen LogP contribution in [0.25, 0.3) is 0 Å². The first-order valence-corrected chi connectivity index (χ1v) is 7.18. The summed E-state index contributed by atoms with van der Waals surface area (Å²) in [5.41, 5.74) is -1.38. The minimum atomic E-state index is -0.857. The molecular weight excluding hydrogens is 300 g/mol. The number of aliphatic imine (C=N–C) groups is 3. The van der Waals surface area contributed by atoms with Crippen molar-refractivity contribution >= 4 is 30.6 Å². The molecule has 8 nitrogen and oxygen atoms in total. The fourth-order valence-electron chi connectivity index (χ4n) is 1.15. The highest BCUT2D eigenvalue weighted by atomic mass is 16.6. The quantitative estimate of drug-likeness (QED) is 0.622. The number of hydrogen-bond acceptors (Lipinski definition) is 5. The van der Waals surface area contributed by atoms with E-state index in [1.807, 2.05) is 0 Å². The summed E-state index contributed by atoms with van der Waals surface area (Å²) in [5.74, 6) is -0.210. The minimum Gasteiger partial charge on any atom is -0.444 e. The van der Waals surface area contributed by atoms with Crippen LogP contribution < -0.4 is 5.32 Å². The second-order valence-corrected chi connectivity index (χ2v) is 6.53. The number of nitrogens with zero attached hydrogens (tertiary/aromatic N) is 3. The predicted octanol–water partition coefficient (Wildman–Crippen LogP) is 2.96. The maximum absolute atomic E-state index is 11.8. The van der Waals surface area contributed by atoms with Crippen LogP contribution in [0.1, 0.15) is 48.0 Å². The average molecular weight is 326 g/mol. The molecule has 0 spiro atoms. The molecule has 0 aliphatic heterocycles. The number of alkyl carbamates (subject to hydrolysis) is 1. The summed E-state index contributed by atoms with van der Waals surface area (Å²) < 4.78 is 10.2. The number of hydrogen-bond donors (Lipinski definition) is 1. The van der Waals surface area contributed by atoms with Crippen LogP contribution in [0.3, 0.4) is 0 Å². The van der Waals surface area contributed by atoms with Crippen molar-refractivity contribution in [1.29, 1.82) is 0 Å². The van der Waals surface area contributed by atoms with Crippen LogP contribution in [0, 0.1) is 0 Å². The van der Waals surface area contributed by atoms with Gasteiger partial charge < -0.3 is 14.5 Å². The molecule has 2 amide bonds. The van der Waals surface area contributed by atoms with E-state index < -0.39 is 23.4 Å². The smallest absolute Gasteiger partial charge is 0.437 e. The predicted molar refractivity (Wildman–Crippen MR) is 90.6 cm³/mol. The van der Waals surface area contributed by atoms with Crippen LogP contribution in [0.2, 0.25) is 0 Å². The molecule has 0 aromatic heterocycles. The highest BCUT2D eigenvalue weighted by Crippen LogP contribution is 2.09. The third-order valence-corrected chi connectivity index (χ3v) is 1.81. The molecule has 0 bridgehead atoms. The van der Waals surface area contributed by atoms with E-state index in [0.717, 1.165) is 0 Å². The lowest BCUT2D eigenvalue weighted by atomic mass is 10.2. The molecule has 0 saturated carbocycles. The second kappa shape index (κ2) is 9.02. The van der Waals surface area contributed by atoms with E-state index in [1.165, 1.54) is 6.21 Å². The van der Waals surface area contributed by atoms with Gasteiger partial charge in [-0.05, 0) is 41.5 Å². The number of amides is 2. The first-order valence-electron chi connectivity index (χ1n) is 7.18. The Kier molecular flexibility index (Phi) is 8.13. The SMILES string of the molecule is CN=CCC=NC(=NC(=O)OC(C)(C)C)NC(=O)OC(C)(C)C. The Labute approximate surface area is 137 Å². The Morgan fingerprint density at radius 3 is 2.04 bits per heavy atom. The van der Waals surface area contributed by atoms with Crippen molar-refractivity contribution in [2.75, 3.05) is 7.05 Å². The lowest BCUT2D eigenvalue weighted by Crippen LogP contribution is -2.36. The molecule has 1 N–H and O–H groups in total. The van der Waals surface area contributed by atoms with Gasteiger partial charge in [0, 0.05) is 25.9 Å². The van der Waals surface area contributed by atoms with Crippen molar-refractivity contribution in [2.24, 2.45) is 15.0 Å². The highest BCUT2D eigenvalue weighted by molar-refractivity contribution is 6.02. The van der Waals surface area contributed by atoms with Crippen molar-refractivity contribution < 1.29 is 19.1 Å². The van der Waals surface area contributed by atoms with E-state index in [9.17, 15) is 9.59 Å². The zero-order valence-electron chi connectivity index (χ0n) is 14.8. The highest BCUT2D eigenvalue weighted by Gasteiger charge is 2.19. The fraction of sp³-hybridized carbons (Fsp3) is 0.667. The van der Waals surface area contributed by atoms with Gasteiger partial charge in [-0.1, -0.05) is 0 Å². The van der Waals surface area contributed by atoms with Crippen molar-refractivity contribution in [2.45, 2.75) is 59.2 Å². The molecule has 0 rings (SSSR count). The van der Waals surface area contributed by atoms with Gasteiger partial charge in [0.15, 0.2) is 0 Å². The molecular formula is C15H26N4O4. The van der Waals surface area contributed by atoms with Gasteiger partial charge in [-0.2, -0.15) is 0 Å². The van der Waals surface area contributed by atoms with Crippen LogP contribution in [-0.2, 0) is 9.47 Å². The topological polar surface area (TPSA) is 102 Å². The Balaban J connectivity index is 5.04. The van der Waals surface area contributed by atoms with Gasteiger partial charge in [0.2, 0.25) is 5.96 Å². The molecule has 0 aliphatic rings. The maximum Gasteiger partial charge on any atom is 0.437 e. The number of ether oxygens (including phenoxy) is 2. The van der Waals surface area contributed by atoms with Crippen LogP contribution in [0.15, 0.2) is 15.0 Å². The van der Waals surface area contributed by atoms with E-state index in [4.69, 9.17) is 9.47 Å². The fourth-order valence-corrected chi connectivity index (χ4v) is 1.15. The van der Waals surface area contributed by atoms with Crippen LogP contribution in [-0.4, -0.2) is 48.8 Å². The maximum atomic E-state index is 11.8. The zero-order chi connectivity index (χ0) is 18.1. The van der Waals surface area contributed by atoms with Crippen molar-refractivity contribution in [3.8, 4) is 0 Å². The normalized spacial score (nSPS) is 13.4. The van der Waals surface area contributed by atoms with E-state index in [-0.39, 0.29) is 5.96 Å². The van der Waals surface area contributed by atoms with Gasteiger partial charge in [-0.25, -0.2) is 14.6 Å². The Morgan fingerprint density at radius 2 is 1.57 bits per heavy atom. The van der Waals surface area contributed by atoms with Crippen LogP contribution in [0.4, 0.5) is 9.59 Å². The van der Waals surface area contributed by atoms with Crippen LogP contribution in [0.5, 0.6) is 0 Å². The molecule has 0 radical (unpaired) electrons. The molecule has 0 heterocycles. The number of carbonyl (C=O) groups excluding carboxylic acids is 2. The van der Waals surface area contributed by atoms with Gasteiger partial charge >= 0.3 is 12.2 Å². The third kappa shape index (κ3) is 13.2. The van der Waals surface area contributed by atoms with Gasteiger partial charge in [0.25, 0.3) is 0 Å². The van der Waals surface area contributed by atoms with E-state index >= 15 is 0 Å². The summed E-state index contributed by atoms with van der Waals surface area (Å²) in [6.45, 7) is 10.3. The van der Waals surface area contributed by atoms with Gasteiger partial charge in [0.05, 0.1) is 0 Å². The first kappa shape index (κ1) is 20.8. The lowest BCUT2D eigenvalue weighted by Gasteiger charge is -2.19. The van der Waals surface area contributed by atoms with Gasteiger partial charge in [-0.3, -0.25) is 5.32 Å². The Morgan fingerprint density at radius 1 is 1.00 bits per heavy atom. The molecule has 0 atom stereocenters. The van der Waals surface area contributed by atoms with E-state index in [2.05, 4.69) is 20.3 Å². The minimum absolute atomic E-state index is 0.210. The van der Waals surface area contributed by atoms with Gasteiger partial charge in [-0.15, -0.1) is 4.99 Å². The molecule has 8 heteroatoms. The van der Waals surface area contributed by atoms with Gasteiger partial charge in [0.1, 0.15) is 11.2 Å². The molecule has 0 fully saturated rings. The first-order chi connectivity index (χ1) is 10.4. The zero-order valence-corrected chi connectivity index (χ0v) is 14.8. The summed E-state index contributed by atoms with van der Waals surface area (Å²) >= 11 is 0. The molecule has 0 aromatic carbocycles. The summed E-state index contributed by atoms with van der Waals surface area (Å²) in [6.07, 6.45) is 1.88. The summed E-state index contributed by atoms with van der Waals surface area (Å²) in [6, 6.07) is 0.